The van der Waals surface area contributed by atoms with Crippen molar-refractivity contribution in [2.75, 3.05) is 19.5 Å². The van der Waals surface area contributed by atoms with E-state index in [-0.39, 0.29) is 0 Å². The van der Waals surface area contributed by atoms with E-state index in [2.05, 4.69) is 15.3 Å². The van der Waals surface area contributed by atoms with Crippen LogP contribution >= 0.6 is 12.2 Å². The highest BCUT2D eigenvalue weighted by atomic mass is 32.1. The summed E-state index contributed by atoms with van der Waals surface area (Å²) in [5.41, 5.74) is 8.56. The first kappa shape index (κ1) is 15.2. The maximum Gasteiger partial charge on any atom is 0.146 e. The summed E-state index contributed by atoms with van der Waals surface area (Å²) >= 11 is 5.17. The van der Waals surface area contributed by atoms with Gasteiger partial charge >= 0.3 is 0 Å². The smallest absolute Gasteiger partial charge is 0.146 e. The molecule has 2 aromatic heterocycles. The molecule has 118 valence electrons. The Labute approximate surface area is 139 Å². The highest BCUT2D eigenvalue weighted by Gasteiger charge is 2.16. The highest BCUT2D eigenvalue weighted by molar-refractivity contribution is 7.80. The topological polar surface area (TPSA) is 78.0 Å². The third kappa shape index (κ3) is 2.83. The average molecular weight is 327 g/mol. The van der Waals surface area contributed by atoms with E-state index < -0.39 is 0 Å². The lowest BCUT2D eigenvalue weighted by atomic mass is 10.2. The molecule has 3 rings (SSSR count). The van der Waals surface area contributed by atoms with E-state index in [1.54, 1.807) is 7.11 Å². The molecule has 0 radical (unpaired) electrons. The lowest BCUT2D eigenvalue weighted by Crippen LogP contribution is -2.09. The summed E-state index contributed by atoms with van der Waals surface area (Å²) in [5.74, 6) is 1.54. The van der Waals surface area contributed by atoms with Gasteiger partial charge in [-0.15, -0.1) is 0 Å². The van der Waals surface area contributed by atoms with Crippen LogP contribution in [0.2, 0.25) is 0 Å². The molecule has 0 spiro atoms. The largest absolute Gasteiger partial charge is 0.497 e. The van der Waals surface area contributed by atoms with Crippen LogP contribution in [0.1, 0.15) is 11.1 Å². The molecule has 0 unspecified atom stereocenters. The van der Waals surface area contributed by atoms with Gasteiger partial charge in [-0.2, -0.15) is 0 Å². The van der Waals surface area contributed by atoms with E-state index >= 15 is 0 Å². The molecule has 0 aliphatic rings. The second-order valence-electron chi connectivity index (χ2n) is 5.05. The quantitative estimate of drug-likeness (QED) is 0.699. The first-order chi connectivity index (χ1) is 11.1. The first-order valence-corrected chi connectivity index (χ1v) is 7.49. The maximum atomic E-state index is 5.87. The van der Waals surface area contributed by atoms with Crippen molar-refractivity contribution in [3.05, 3.63) is 47.9 Å². The number of hydrogen-bond donors (Lipinski definition) is 2. The Morgan fingerprint density at radius 2 is 2.04 bits per heavy atom. The van der Waals surface area contributed by atoms with E-state index in [9.17, 15) is 0 Å². The van der Waals surface area contributed by atoms with Crippen molar-refractivity contribution in [1.29, 1.82) is 0 Å². The van der Waals surface area contributed by atoms with Crippen LogP contribution in [0.3, 0.4) is 0 Å². The molecule has 0 aliphatic carbocycles. The molecule has 0 atom stereocenters. The number of nitrogens with two attached hydrogens (primary N) is 1. The third-order valence-corrected chi connectivity index (χ3v) is 3.89. The summed E-state index contributed by atoms with van der Waals surface area (Å²) < 4.78 is 7.21. The van der Waals surface area contributed by atoms with Gasteiger partial charge in [-0.3, -0.25) is 0 Å². The molecule has 7 heteroatoms. The highest BCUT2D eigenvalue weighted by Crippen LogP contribution is 2.26. The fourth-order valence-electron chi connectivity index (χ4n) is 2.55. The lowest BCUT2D eigenvalue weighted by molar-refractivity contribution is 0.414. The van der Waals surface area contributed by atoms with E-state index in [4.69, 9.17) is 22.7 Å². The van der Waals surface area contributed by atoms with Crippen molar-refractivity contribution in [1.82, 2.24) is 14.5 Å². The number of rotatable bonds is 5. The molecule has 0 amide bonds. The molecule has 6 nitrogen and oxygen atoms in total. The average Bonchev–Trinajstić information content (AvgIpc) is 2.94. The van der Waals surface area contributed by atoms with Crippen molar-refractivity contribution < 1.29 is 4.74 Å². The van der Waals surface area contributed by atoms with Crippen LogP contribution in [0.15, 0.2) is 36.8 Å². The molecule has 0 saturated carbocycles. The lowest BCUT2D eigenvalue weighted by Gasteiger charge is -2.07. The number of ether oxygens (including phenoxy) is 1. The number of nitrogens with one attached hydrogen (secondary N) is 1. The molecule has 0 fully saturated rings. The summed E-state index contributed by atoms with van der Waals surface area (Å²) in [4.78, 5) is 8.97. The van der Waals surface area contributed by atoms with E-state index in [0.717, 1.165) is 27.9 Å². The van der Waals surface area contributed by atoms with Crippen LogP contribution in [-0.4, -0.2) is 33.7 Å². The minimum atomic E-state index is 0.329. The van der Waals surface area contributed by atoms with Crippen molar-refractivity contribution in [2.45, 2.75) is 6.54 Å². The number of nitrogens with zero attached hydrogens (tertiary/aromatic N) is 3. The van der Waals surface area contributed by atoms with Crippen molar-refractivity contribution in [3.8, 4) is 5.75 Å². The fraction of sp³-hybridized carbons (Fsp3) is 0.188. The first-order valence-electron chi connectivity index (χ1n) is 7.08. The number of benzene rings is 1. The Bertz CT molecular complexity index is 857. The Hall–Kier alpha value is -2.67. The Morgan fingerprint density at radius 3 is 2.65 bits per heavy atom. The molecule has 0 saturated heterocycles. The minimum absolute atomic E-state index is 0.329. The van der Waals surface area contributed by atoms with Gasteiger partial charge in [0.1, 0.15) is 28.5 Å². The number of fused-ring (bicyclic) bond motifs is 1. The van der Waals surface area contributed by atoms with Crippen LogP contribution in [0.4, 0.5) is 5.82 Å². The maximum absolute atomic E-state index is 5.87. The second-order valence-corrected chi connectivity index (χ2v) is 5.49. The van der Waals surface area contributed by atoms with Gasteiger partial charge in [0.15, 0.2) is 0 Å². The van der Waals surface area contributed by atoms with Gasteiger partial charge < -0.3 is 20.4 Å². The third-order valence-electron chi connectivity index (χ3n) is 3.67. The van der Waals surface area contributed by atoms with Gasteiger partial charge in [-0.05, 0) is 17.7 Å². The molecule has 2 heterocycles. The Morgan fingerprint density at radius 1 is 1.30 bits per heavy atom. The summed E-state index contributed by atoms with van der Waals surface area (Å²) in [7, 11) is 3.46. The van der Waals surface area contributed by atoms with Gasteiger partial charge in [-0.1, -0.05) is 24.4 Å². The van der Waals surface area contributed by atoms with Crippen molar-refractivity contribution in [3.63, 3.8) is 0 Å². The zero-order valence-electron chi connectivity index (χ0n) is 12.9. The van der Waals surface area contributed by atoms with Crippen LogP contribution < -0.4 is 15.8 Å². The number of thiocarbonyl (C=S) groups is 1. The Kier molecular flexibility index (Phi) is 4.12. The predicted octanol–water partition coefficient (Wildman–Crippen LogP) is 2.16. The SMILES string of the molecule is CNc1ncnc2c1c(C(N)=S)cn2Cc1ccc(OC)cc1. The minimum Gasteiger partial charge on any atom is -0.497 e. The monoisotopic (exact) mass is 327 g/mol. The van der Waals surface area contributed by atoms with Crippen molar-refractivity contribution in [2.24, 2.45) is 5.73 Å². The molecule has 3 aromatic rings. The number of aromatic nitrogens is 3. The summed E-state index contributed by atoms with van der Waals surface area (Å²) in [6.45, 7) is 0.656. The Balaban J connectivity index is 2.08. The normalized spacial score (nSPS) is 10.7. The van der Waals surface area contributed by atoms with Crippen LogP contribution in [0, 0.1) is 0 Å². The van der Waals surface area contributed by atoms with Gasteiger partial charge in [0.05, 0.1) is 12.5 Å². The number of anilines is 1. The van der Waals surface area contributed by atoms with E-state index in [1.807, 2.05) is 42.1 Å². The van der Waals surface area contributed by atoms with Crippen LogP contribution in [-0.2, 0) is 6.54 Å². The van der Waals surface area contributed by atoms with Crippen LogP contribution in [0.25, 0.3) is 11.0 Å². The molecule has 0 bridgehead atoms. The predicted molar refractivity (Wildman–Crippen MR) is 95.1 cm³/mol. The standard InChI is InChI=1S/C16H17N5OS/c1-18-15-13-12(14(17)23)8-21(16(13)20-9-19-15)7-10-3-5-11(22-2)6-4-10/h3-6,8-9H,7H2,1-2H3,(H2,17,23)(H,18,19,20). The zero-order valence-corrected chi connectivity index (χ0v) is 13.7. The fourth-order valence-corrected chi connectivity index (χ4v) is 2.70. The number of hydrogen-bond acceptors (Lipinski definition) is 5. The van der Waals surface area contributed by atoms with Gasteiger partial charge in [0.25, 0.3) is 0 Å². The summed E-state index contributed by atoms with van der Waals surface area (Å²) in [5, 5.41) is 3.90. The van der Waals surface area contributed by atoms with Gasteiger partial charge in [0, 0.05) is 25.4 Å². The van der Waals surface area contributed by atoms with E-state index in [1.165, 1.54) is 6.33 Å². The van der Waals surface area contributed by atoms with E-state index in [0.29, 0.717) is 17.4 Å². The summed E-state index contributed by atoms with van der Waals surface area (Å²) in [6.07, 6.45) is 3.45. The number of methoxy groups -OCH3 is 1. The molecule has 23 heavy (non-hydrogen) atoms. The van der Waals surface area contributed by atoms with Crippen molar-refractivity contribution >= 4 is 34.1 Å². The molecule has 3 N–H and O–H groups in total. The summed E-state index contributed by atoms with van der Waals surface area (Å²) in [6, 6.07) is 7.91. The zero-order chi connectivity index (χ0) is 16.4. The molecule has 0 aliphatic heterocycles. The van der Waals surface area contributed by atoms with Crippen LogP contribution in [0.5, 0.6) is 5.75 Å². The second kappa shape index (κ2) is 6.21. The van der Waals surface area contributed by atoms with Gasteiger partial charge in [-0.25, -0.2) is 9.97 Å². The molecular formula is C16H17N5OS. The molecular weight excluding hydrogens is 310 g/mol. The molecule has 1 aromatic carbocycles. The van der Waals surface area contributed by atoms with Gasteiger partial charge in [0.2, 0.25) is 0 Å².